The summed E-state index contributed by atoms with van der Waals surface area (Å²) in [5.74, 6) is 0.556. The standard InChI is InChI=1S/C19H25FN2O2/c1-15(23)12-21-9-10-22-13-17-3-2-4-19(11-17)24-14-16-5-7-18(20)8-6-16/h2-8,11,15,21-23H,9-10,12-14H2,1H3/t15-/m1/s1. The molecule has 0 saturated heterocycles. The van der Waals surface area contributed by atoms with Crippen LogP contribution < -0.4 is 15.4 Å². The van der Waals surface area contributed by atoms with Crippen LogP contribution in [0.2, 0.25) is 0 Å². The lowest BCUT2D eigenvalue weighted by molar-refractivity contribution is 0.191. The maximum atomic E-state index is 12.9. The second-order valence-corrected chi connectivity index (χ2v) is 5.79. The lowest BCUT2D eigenvalue weighted by atomic mass is 10.2. The molecule has 1 atom stereocenters. The van der Waals surface area contributed by atoms with Crippen molar-refractivity contribution < 1.29 is 14.2 Å². The Hall–Kier alpha value is -1.95. The van der Waals surface area contributed by atoms with E-state index in [9.17, 15) is 4.39 Å². The summed E-state index contributed by atoms with van der Waals surface area (Å²) >= 11 is 0. The molecule has 0 aliphatic carbocycles. The highest BCUT2D eigenvalue weighted by Crippen LogP contribution is 2.15. The van der Waals surface area contributed by atoms with E-state index in [-0.39, 0.29) is 11.9 Å². The Kier molecular flexibility index (Phi) is 7.68. The number of nitrogens with one attached hydrogen (secondary N) is 2. The number of halogens is 1. The molecule has 0 amide bonds. The molecule has 0 aliphatic rings. The molecule has 0 saturated carbocycles. The average molecular weight is 332 g/mol. The monoisotopic (exact) mass is 332 g/mol. The van der Waals surface area contributed by atoms with Gasteiger partial charge in [-0.1, -0.05) is 24.3 Å². The number of benzene rings is 2. The predicted octanol–water partition coefficient (Wildman–Crippen LogP) is 2.46. The highest BCUT2D eigenvalue weighted by molar-refractivity contribution is 5.29. The third-order valence-corrected chi connectivity index (χ3v) is 3.46. The molecule has 5 heteroatoms. The molecule has 2 aromatic carbocycles. The van der Waals surface area contributed by atoms with Crippen molar-refractivity contribution in [1.82, 2.24) is 10.6 Å². The van der Waals surface area contributed by atoms with Crippen molar-refractivity contribution in [2.75, 3.05) is 19.6 Å². The Morgan fingerprint density at radius 3 is 2.54 bits per heavy atom. The van der Waals surface area contributed by atoms with Gasteiger partial charge in [0.05, 0.1) is 6.10 Å². The van der Waals surface area contributed by atoms with Crippen LogP contribution in [0.1, 0.15) is 18.1 Å². The first-order valence-electron chi connectivity index (χ1n) is 8.19. The van der Waals surface area contributed by atoms with Crippen molar-refractivity contribution >= 4 is 0 Å². The normalized spacial score (nSPS) is 12.1. The van der Waals surface area contributed by atoms with Crippen LogP contribution in [0.3, 0.4) is 0 Å². The number of hydrogen-bond acceptors (Lipinski definition) is 4. The lowest BCUT2D eigenvalue weighted by Gasteiger charge is -2.10. The fourth-order valence-electron chi connectivity index (χ4n) is 2.21. The first-order valence-corrected chi connectivity index (χ1v) is 8.19. The van der Waals surface area contributed by atoms with E-state index in [1.165, 1.54) is 12.1 Å². The molecule has 0 bridgehead atoms. The number of hydrogen-bond donors (Lipinski definition) is 3. The summed E-state index contributed by atoms with van der Waals surface area (Å²) < 4.78 is 18.6. The minimum absolute atomic E-state index is 0.241. The minimum Gasteiger partial charge on any atom is -0.489 e. The summed E-state index contributed by atoms with van der Waals surface area (Å²) in [6, 6.07) is 14.2. The molecule has 130 valence electrons. The van der Waals surface area contributed by atoms with Crippen LogP contribution in [0.15, 0.2) is 48.5 Å². The van der Waals surface area contributed by atoms with E-state index >= 15 is 0 Å². The third kappa shape index (κ3) is 7.08. The van der Waals surface area contributed by atoms with Crippen molar-refractivity contribution in [2.45, 2.75) is 26.2 Å². The van der Waals surface area contributed by atoms with Gasteiger partial charge in [-0.25, -0.2) is 4.39 Å². The topological polar surface area (TPSA) is 53.5 Å². The largest absolute Gasteiger partial charge is 0.489 e. The van der Waals surface area contributed by atoms with E-state index in [2.05, 4.69) is 10.6 Å². The van der Waals surface area contributed by atoms with Crippen LogP contribution in [0.4, 0.5) is 4.39 Å². The van der Waals surface area contributed by atoms with Gasteiger partial charge >= 0.3 is 0 Å². The molecule has 4 nitrogen and oxygen atoms in total. The van der Waals surface area contributed by atoms with E-state index < -0.39 is 0 Å². The van der Waals surface area contributed by atoms with Crippen LogP contribution in [0.5, 0.6) is 5.75 Å². The summed E-state index contributed by atoms with van der Waals surface area (Å²) in [6.07, 6.45) is -0.320. The van der Waals surface area contributed by atoms with Crippen molar-refractivity contribution in [3.05, 3.63) is 65.5 Å². The number of ether oxygens (including phenoxy) is 1. The maximum absolute atomic E-state index is 12.9. The fraction of sp³-hybridized carbons (Fsp3) is 0.368. The van der Waals surface area contributed by atoms with Gasteiger partial charge in [0.1, 0.15) is 18.2 Å². The molecule has 0 spiro atoms. The molecule has 2 rings (SSSR count). The molecule has 3 N–H and O–H groups in total. The molecule has 0 fully saturated rings. The van der Waals surface area contributed by atoms with Gasteiger partial charge in [0.15, 0.2) is 0 Å². The molecule has 0 aliphatic heterocycles. The van der Waals surface area contributed by atoms with Gasteiger partial charge < -0.3 is 20.5 Å². The van der Waals surface area contributed by atoms with Crippen molar-refractivity contribution in [2.24, 2.45) is 0 Å². The summed E-state index contributed by atoms with van der Waals surface area (Å²) in [5, 5.41) is 15.7. The maximum Gasteiger partial charge on any atom is 0.123 e. The molecular weight excluding hydrogens is 307 g/mol. The summed E-state index contributed by atoms with van der Waals surface area (Å²) in [7, 11) is 0. The molecule has 2 aromatic rings. The highest BCUT2D eigenvalue weighted by Gasteiger charge is 2.00. The second-order valence-electron chi connectivity index (χ2n) is 5.79. The Balaban J connectivity index is 1.71. The SMILES string of the molecule is C[C@@H](O)CNCCNCc1cccc(OCc2ccc(F)cc2)c1. The minimum atomic E-state index is -0.320. The summed E-state index contributed by atoms with van der Waals surface area (Å²) in [5.41, 5.74) is 2.08. The van der Waals surface area contributed by atoms with E-state index in [1.54, 1.807) is 19.1 Å². The number of aliphatic hydroxyl groups excluding tert-OH is 1. The zero-order valence-electron chi connectivity index (χ0n) is 14.0. The quantitative estimate of drug-likeness (QED) is 0.585. The first-order chi connectivity index (χ1) is 11.6. The van der Waals surface area contributed by atoms with Crippen molar-refractivity contribution in [3.63, 3.8) is 0 Å². The predicted molar refractivity (Wildman–Crippen MR) is 93.4 cm³/mol. The zero-order chi connectivity index (χ0) is 17.2. The van der Waals surface area contributed by atoms with Crippen LogP contribution in [-0.2, 0) is 13.2 Å². The van der Waals surface area contributed by atoms with Crippen LogP contribution in [0, 0.1) is 5.82 Å². The van der Waals surface area contributed by atoms with Gasteiger partial charge in [0.2, 0.25) is 0 Å². The summed E-state index contributed by atoms with van der Waals surface area (Å²) in [4.78, 5) is 0. The number of rotatable bonds is 10. The first kappa shape index (κ1) is 18.4. The van der Waals surface area contributed by atoms with Gasteiger partial charge in [0.25, 0.3) is 0 Å². The second kappa shape index (κ2) is 10.0. The van der Waals surface area contributed by atoms with E-state index in [1.807, 2.05) is 24.3 Å². The Labute approximate surface area is 142 Å². The molecular formula is C19H25FN2O2. The molecule has 0 unspecified atom stereocenters. The van der Waals surface area contributed by atoms with E-state index in [0.717, 1.165) is 36.5 Å². The average Bonchev–Trinajstić information content (AvgIpc) is 2.58. The van der Waals surface area contributed by atoms with Crippen LogP contribution >= 0.6 is 0 Å². The molecule has 24 heavy (non-hydrogen) atoms. The van der Waals surface area contributed by atoms with E-state index in [0.29, 0.717) is 13.2 Å². The van der Waals surface area contributed by atoms with Crippen LogP contribution in [-0.4, -0.2) is 30.8 Å². The van der Waals surface area contributed by atoms with Gasteiger partial charge in [-0.15, -0.1) is 0 Å². The zero-order valence-corrected chi connectivity index (χ0v) is 14.0. The molecule has 0 heterocycles. The lowest BCUT2D eigenvalue weighted by Crippen LogP contribution is -2.31. The Morgan fingerprint density at radius 2 is 1.79 bits per heavy atom. The third-order valence-electron chi connectivity index (χ3n) is 3.46. The molecule has 0 radical (unpaired) electrons. The van der Waals surface area contributed by atoms with Gasteiger partial charge in [0, 0.05) is 26.2 Å². The smallest absolute Gasteiger partial charge is 0.123 e. The van der Waals surface area contributed by atoms with Crippen molar-refractivity contribution in [3.8, 4) is 5.75 Å². The van der Waals surface area contributed by atoms with Gasteiger partial charge in [-0.3, -0.25) is 0 Å². The molecule has 0 aromatic heterocycles. The Bertz CT molecular complexity index is 603. The van der Waals surface area contributed by atoms with Gasteiger partial charge in [-0.05, 0) is 42.3 Å². The fourth-order valence-corrected chi connectivity index (χ4v) is 2.21. The van der Waals surface area contributed by atoms with Crippen molar-refractivity contribution in [1.29, 1.82) is 0 Å². The van der Waals surface area contributed by atoms with E-state index in [4.69, 9.17) is 9.84 Å². The Morgan fingerprint density at radius 1 is 1.04 bits per heavy atom. The summed E-state index contributed by atoms with van der Waals surface area (Å²) in [6.45, 7) is 5.18. The van der Waals surface area contributed by atoms with Crippen LogP contribution in [0.25, 0.3) is 0 Å². The highest BCUT2D eigenvalue weighted by atomic mass is 19.1. The van der Waals surface area contributed by atoms with Gasteiger partial charge in [-0.2, -0.15) is 0 Å². The number of aliphatic hydroxyl groups is 1.